The Morgan fingerprint density at radius 2 is 1.94 bits per heavy atom. The quantitative estimate of drug-likeness (QED) is 0.107. The molecule has 1 amide bonds. The lowest BCUT2D eigenvalue weighted by Gasteiger charge is -2.31. The number of alkyl halides is 1. The molecule has 3 atom stereocenters. The fraction of sp³-hybridized carbons (Fsp3) is 0.350. The number of carbonyl (C=O) groups excluding carboxylic acids is 1. The van der Waals surface area contributed by atoms with Crippen molar-refractivity contribution in [1.29, 1.82) is 0 Å². The molecule has 0 N–H and O–H groups in total. The molecule has 5 aromatic rings. The molecule has 8 rings (SSSR count). The second-order valence-corrected chi connectivity index (χ2v) is 14.2. The van der Waals surface area contributed by atoms with Crippen molar-refractivity contribution in [2.24, 2.45) is 0 Å². The molecule has 0 aliphatic carbocycles. The molecule has 14 heteroatoms. The summed E-state index contributed by atoms with van der Waals surface area (Å²) in [7, 11) is 1.79. The van der Waals surface area contributed by atoms with Gasteiger partial charge in [0, 0.05) is 62.4 Å². The minimum atomic E-state index is -0.968. The summed E-state index contributed by atoms with van der Waals surface area (Å²) in [5.41, 5.74) is -0.351. The molecule has 0 saturated carbocycles. The van der Waals surface area contributed by atoms with Gasteiger partial charge in [-0.3, -0.25) is 14.7 Å². The second kappa shape index (κ2) is 13.9. The zero-order chi connectivity index (χ0) is 37.7. The number of amides is 1. The lowest BCUT2D eigenvalue weighted by Crippen LogP contribution is -2.43. The highest BCUT2D eigenvalue weighted by Crippen LogP contribution is 2.41. The van der Waals surface area contributed by atoms with Crippen LogP contribution in [0.25, 0.3) is 39.0 Å². The largest absolute Gasteiger partial charge is 0.461 e. The number of likely N-dealkylation sites (N-methyl/N-ethyl adjacent to an activating group) is 1. The van der Waals surface area contributed by atoms with Gasteiger partial charge in [-0.25, -0.2) is 27.5 Å². The molecule has 0 bridgehead atoms. The minimum absolute atomic E-state index is 0.00731. The molecular weight excluding hydrogens is 700 g/mol. The maximum Gasteiger partial charge on any atom is 0.319 e. The van der Waals surface area contributed by atoms with Crippen molar-refractivity contribution in [3.63, 3.8) is 0 Å². The zero-order valence-electron chi connectivity index (χ0n) is 29.7. The molecule has 3 aromatic heterocycles. The van der Waals surface area contributed by atoms with Gasteiger partial charge in [0.1, 0.15) is 47.1 Å². The van der Waals surface area contributed by atoms with Gasteiger partial charge < -0.3 is 14.5 Å². The van der Waals surface area contributed by atoms with Crippen LogP contribution in [0, 0.1) is 36.7 Å². The van der Waals surface area contributed by atoms with Crippen LogP contribution >= 0.6 is 0 Å². The summed E-state index contributed by atoms with van der Waals surface area (Å²) in [4.78, 5) is 40.5. The molecule has 54 heavy (non-hydrogen) atoms. The van der Waals surface area contributed by atoms with Gasteiger partial charge in [-0.15, -0.1) is 6.42 Å². The van der Waals surface area contributed by atoms with Gasteiger partial charge in [0.05, 0.1) is 22.7 Å². The number of fused-ring (bicyclic) bond motifs is 3. The highest BCUT2D eigenvalue weighted by molar-refractivity contribution is 6.02. The molecule has 3 fully saturated rings. The average molecular weight is 737 g/mol. The third kappa shape index (κ3) is 6.26. The van der Waals surface area contributed by atoms with Crippen LogP contribution in [0.1, 0.15) is 42.8 Å². The number of nitrogens with zero attached hydrogens (tertiary/aromatic N) is 8. The van der Waals surface area contributed by atoms with Crippen molar-refractivity contribution >= 4 is 39.5 Å². The Labute approximate surface area is 308 Å². The Morgan fingerprint density at radius 3 is 2.78 bits per heavy atom. The van der Waals surface area contributed by atoms with Gasteiger partial charge in [-0.2, -0.15) is 9.97 Å². The van der Waals surface area contributed by atoms with Gasteiger partial charge in [-0.1, -0.05) is 30.2 Å². The van der Waals surface area contributed by atoms with Crippen molar-refractivity contribution in [2.75, 3.05) is 44.7 Å². The highest BCUT2D eigenvalue weighted by atomic mass is 19.1. The minimum Gasteiger partial charge on any atom is -0.461 e. The molecule has 1 unspecified atom stereocenters. The molecule has 3 aliphatic rings. The molecule has 0 radical (unpaired) electrons. The molecule has 3 saturated heterocycles. The molecular formula is C40H36F4N8O2. The second-order valence-electron chi connectivity index (χ2n) is 14.2. The fourth-order valence-electron chi connectivity index (χ4n) is 8.16. The van der Waals surface area contributed by atoms with Crippen LogP contribution in [0.2, 0.25) is 0 Å². The van der Waals surface area contributed by atoms with Crippen LogP contribution < -0.4 is 9.64 Å². The summed E-state index contributed by atoms with van der Waals surface area (Å²) < 4.78 is 66.9. The number of aryl methyl sites for hydroxylation is 1. The summed E-state index contributed by atoms with van der Waals surface area (Å²) in [6, 6.07) is 7.62. The van der Waals surface area contributed by atoms with E-state index in [2.05, 4.69) is 30.8 Å². The number of hydrogen-bond acceptors (Lipinski definition) is 9. The van der Waals surface area contributed by atoms with E-state index in [1.807, 2.05) is 4.90 Å². The van der Waals surface area contributed by atoms with E-state index in [0.717, 1.165) is 25.6 Å². The van der Waals surface area contributed by atoms with E-state index in [0.29, 0.717) is 65.8 Å². The predicted molar refractivity (Wildman–Crippen MR) is 196 cm³/mol. The smallest absolute Gasteiger partial charge is 0.319 e. The van der Waals surface area contributed by atoms with E-state index in [1.165, 1.54) is 24.4 Å². The molecule has 2 aromatic carbocycles. The Morgan fingerprint density at radius 1 is 1.09 bits per heavy atom. The third-order valence-electron chi connectivity index (χ3n) is 10.9. The number of pyridine rings is 1. The number of terminal acetylenes is 1. The summed E-state index contributed by atoms with van der Waals surface area (Å²) in [5.74, 6) is 0.757. The van der Waals surface area contributed by atoms with E-state index < -0.39 is 29.2 Å². The Bertz CT molecular complexity index is 2390. The van der Waals surface area contributed by atoms with Gasteiger partial charge in [0.15, 0.2) is 11.6 Å². The number of ether oxygens (including phenoxy) is 1. The number of anilines is 1. The normalized spacial score (nSPS) is 21.3. The van der Waals surface area contributed by atoms with Crippen LogP contribution in [0.4, 0.5) is 23.4 Å². The van der Waals surface area contributed by atoms with E-state index in [9.17, 15) is 18.0 Å². The van der Waals surface area contributed by atoms with Crippen LogP contribution in [0.15, 0.2) is 48.8 Å². The molecule has 3 aliphatic heterocycles. The van der Waals surface area contributed by atoms with E-state index >= 15 is 4.39 Å². The summed E-state index contributed by atoms with van der Waals surface area (Å²) in [5, 5.41) is 1.25. The lowest BCUT2D eigenvalue weighted by molar-refractivity contribution is -0.124. The number of rotatable bonds is 8. The van der Waals surface area contributed by atoms with Crippen molar-refractivity contribution in [3.05, 3.63) is 83.3 Å². The summed E-state index contributed by atoms with van der Waals surface area (Å²) in [6.45, 7) is 3.57. The van der Waals surface area contributed by atoms with Crippen molar-refractivity contribution in [1.82, 2.24) is 34.7 Å². The zero-order valence-corrected chi connectivity index (χ0v) is 29.7. The Balaban J connectivity index is 1.15. The number of benzene rings is 2. The number of likely N-dealkylation sites (tertiary alicyclic amines) is 1. The standard InChI is InChI=1S/C40H36F4N8O2/c1-4-27-30(42)10-9-24-7-5-8-28(34(24)27)36-35(44)37-29(18-46-36)38(49-39(48-37)54-22-40-14-6-15-52(40)20-25(41)17-40)50(3)26-13-16-51(21-26)33(53)12-11-32-31(43)19-45-23(2)47-32/h1,5,7-12,18-19,25-26H,6,13-17,20-22H2,2-3H3/b12-11+/t25-,26-,40?/m1/s1. The number of hydrogen-bond donors (Lipinski definition) is 0. The number of aromatic nitrogens is 5. The van der Waals surface area contributed by atoms with Crippen LogP contribution in [0.3, 0.4) is 0 Å². The van der Waals surface area contributed by atoms with Crippen molar-refractivity contribution in [2.45, 2.75) is 50.4 Å². The average Bonchev–Trinajstić information content (AvgIpc) is 3.89. The predicted octanol–water partition coefficient (Wildman–Crippen LogP) is 6.05. The van der Waals surface area contributed by atoms with Crippen molar-refractivity contribution < 1.29 is 27.1 Å². The summed E-state index contributed by atoms with van der Waals surface area (Å²) in [6.07, 6.45) is 12.4. The Hall–Kier alpha value is -5.68. The van der Waals surface area contributed by atoms with Crippen molar-refractivity contribution in [3.8, 4) is 29.6 Å². The first-order valence-electron chi connectivity index (χ1n) is 17.8. The monoisotopic (exact) mass is 736 g/mol. The van der Waals surface area contributed by atoms with E-state index in [-0.39, 0.29) is 47.0 Å². The van der Waals surface area contributed by atoms with Gasteiger partial charge in [0.2, 0.25) is 5.91 Å². The molecule has 10 nitrogen and oxygen atoms in total. The number of halogens is 4. The van der Waals surface area contributed by atoms with E-state index in [4.69, 9.17) is 16.1 Å². The lowest BCUT2D eigenvalue weighted by atomic mass is 9.95. The maximum atomic E-state index is 16.9. The van der Waals surface area contributed by atoms with E-state index in [1.54, 1.807) is 43.1 Å². The third-order valence-corrected chi connectivity index (χ3v) is 10.9. The van der Waals surface area contributed by atoms with Crippen LogP contribution in [-0.2, 0) is 4.79 Å². The Kier molecular flexibility index (Phi) is 9.13. The topological polar surface area (TPSA) is 100 Å². The molecule has 6 heterocycles. The van der Waals surface area contributed by atoms with Gasteiger partial charge in [-0.05, 0) is 50.3 Å². The highest BCUT2D eigenvalue weighted by Gasteiger charge is 2.49. The first-order chi connectivity index (χ1) is 26.0. The fourth-order valence-corrected chi connectivity index (χ4v) is 8.16. The first-order valence-corrected chi connectivity index (χ1v) is 17.8. The summed E-state index contributed by atoms with van der Waals surface area (Å²) >= 11 is 0. The maximum absolute atomic E-state index is 16.9. The van der Waals surface area contributed by atoms with Crippen LogP contribution in [0.5, 0.6) is 6.01 Å². The molecule has 276 valence electrons. The first kappa shape index (κ1) is 35.4. The van der Waals surface area contributed by atoms with Crippen LogP contribution in [-0.4, -0.2) is 98.2 Å². The van der Waals surface area contributed by atoms with Gasteiger partial charge >= 0.3 is 6.01 Å². The number of carbonyl (C=O) groups is 1. The van der Waals surface area contributed by atoms with Gasteiger partial charge in [0.25, 0.3) is 0 Å². The molecule has 0 spiro atoms. The SMILES string of the molecule is C#Cc1c(F)ccc2cccc(-c3ncc4c(N(C)[C@@H]5CCN(C(=O)/C=C/c6nc(C)ncc6F)C5)nc(OCC56CCCN5C[C@H](F)C6)nc4c3F)c12.